The molecule has 0 unspecified atom stereocenters. The summed E-state index contributed by atoms with van der Waals surface area (Å²) in [6, 6.07) is 17.4. The van der Waals surface area contributed by atoms with Gasteiger partial charge in [-0.15, -0.1) is 0 Å². The number of halogens is 2. The van der Waals surface area contributed by atoms with Crippen LogP contribution >= 0.6 is 11.6 Å². The van der Waals surface area contributed by atoms with Gasteiger partial charge in [-0.05, 0) is 60.4 Å². The van der Waals surface area contributed by atoms with Crippen LogP contribution in [0.1, 0.15) is 21.5 Å². The molecule has 0 aliphatic rings. The lowest BCUT2D eigenvalue weighted by atomic mass is 10.1. The van der Waals surface area contributed by atoms with Crippen molar-refractivity contribution in [1.82, 2.24) is 10.3 Å². The number of hydrogen-bond acceptors (Lipinski definition) is 3. The van der Waals surface area contributed by atoms with Gasteiger partial charge >= 0.3 is 0 Å². The fourth-order valence-corrected chi connectivity index (χ4v) is 2.85. The zero-order valence-corrected chi connectivity index (χ0v) is 16.0. The molecule has 0 aliphatic heterocycles. The molecule has 6 heteroatoms. The average Bonchev–Trinajstić information content (AvgIpc) is 2.71. The van der Waals surface area contributed by atoms with Gasteiger partial charge in [0.25, 0.3) is 5.91 Å². The molecule has 1 aromatic heterocycles. The summed E-state index contributed by atoms with van der Waals surface area (Å²) in [7, 11) is 0. The Labute approximate surface area is 168 Å². The van der Waals surface area contributed by atoms with Gasteiger partial charge < -0.3 is 10.6 Å². The number of hydrogen-bond donors (Lipinski definition) is 2. The zero-order valence-electron chi connectivity index (χ0n) is 15.3. The van der Waals surface area contributed by atoms with Crippen molar-refractivity contribution in [2.24, 2.45) is 0 Å². The van der Waals surface area contributed by atoms with E-state index < -0.39 is 0 Å². The van der Waals surface area contributed by atoms with Crippen LogP contribution in [0, 0.1) is 5.82 Å². The maximum absolute atomic E-state index is 12.9. The van der Waals surface area contributed by atoms with Crippen LogP contribution in [-0.4, -0.2) is 24.0 Å². The number of pyridine rings is 1. The Hall–Kier alpha value is -2.92. The minimum atomic E-state index is -0.263. The van der Waals surface area contributed by atoms with Crippen LogP contribution in [0.4, 0.5) is 10.2 Å². The van der Waals surface area contributed by atoms with E-state index in [0.29, 0.717) is 30.9 Å². The van der Waals surface area contributed by atoms with Gasteiger partial charge in [0.05, 0.1) is 0 Å². The highest BCUT2D eigenvalue weighted by Crippen LogP contribution is 2.11. The Bertz CT molecular complexity index is 914. The van der Waals surface area contributed by atoms with Crippen LogP contribution < -0.4 is 10.6 Å². The third-order valence-corrected chi connectivity index (χ3v) is 4.52. The van der Waals surface area contributed by atoms with E-state index in [1.807, 2.05) is 24.3 Å². The van der Waals surface area contributed by atoms with E-state index in [9.17, 15) is 9.18 Å². The molecule has 0 bridgehead atoms. The maximum atomic E-state index is 12.9. The first kappa shape index (κ1) is 19.8. The molecular formula is C22H21ClFN3O. The number of benzene rings is 2. The minimum Gasteiger partial charge on any atom is -0.370 e. The molecule has 2 N–H and O–H groups in total. The average molecular weight is 398 g/mol. The molecule has 4 nitrogen and oxygen atoms in total. The summed E-state index contributed by atoms with van der Waals surface area (Å²) in [4.78, 5) is 16.6. The molecule has 3 aromatic rings. The SMILES string of the molecule is O=C(NCCc1ccc(F)cc1)c1ccnc(NCCc2ccc(Cl)cc2)c1. The van der Waals surface area contributed by atoms with Crippen LogP contribution in [0.5, 0.6) is 0 Å². The van der Waals surface area contributed by atoms with E-state index in [1.165, 1.54) is 17.7 Å². The lowest BCUT2D eigenvalue weighted by Gasteiger charge is -2.09. The van der Waals surface area contributed by atoms with Gasteiger partial charge in [0.2, 0.25) is 0 Å². The summed E-state index contributed by atoms with van der Waals surface area (Å²) in [5.74, 6) is 0.228. The highest BCUT2D eigenvalue weighted by atomic mass is 35.5. The monoisotopic (exact) mass is 397 g/mol. The second-order valence-corrected chi connectivity index (χ2v) is 6.80. The second kappa shape index (κ2) is 9.85. The summed E-state index contributed by atoms with van der Waals surface area (Å²) >= 11 is 5.89. The van der Waals surface area contributed by atoms with E-state index in [0.717, 1.165) is 17.0 Å². The molecular weight excluding hydrogens is 377 g/mol. The third kappa shape index (κ3) is 6.06. The van der Waals surface area contributed by atoms with E-state index in [4.69, 9.17) is 11.6 Å². The normalized spacial score (nSPS) is 10.5. The van der Waals surface area contributed by atoms with Crippen molar-refractivity contribution in [3.63, 3.8) is 0 Å². The summed E-state index contributed by atoms with van der Waals surface area (Å²) in [6.45, 7) is 1.18. The number of aromatic nitrogens is 1. The van der Waals surface area contributed by atoms with Crippen LogP contribution in [0.3, 0.4) is 0 Å². The van der Waals surface area contributed by atoms with Crippen molar-refractivity contribution >= 4 is 23.3 Å². The van der Waals surface area contributed by atoms with Gasteiger partial charge in [-0.2, -0.15) is 0 Å². The Kier molecular flexibility index (Phi) is 6.98. The number of anilines is 1. The molecule has 0 radical (unpaired) electrons. The number of carbonyl (C=O) groups excluding carboxylic acids is 1. The smallest absolute Gasteiger partial charge is 0.251 e. The van der Waals surface area contributed by atoms with Gasteiger partial charge in [-0.25, -0.2) is 9.37 Å². The van der Waals surface area contributed by atoms with Crippen LogP contribution in [-0.2, 0) is 12.8 Å². The number of nitrogens with one attached hydrogen (secondary N) is 2. The number of rotatable bonds is 8. The first-order chi connectivity index (χ1) is 13.6. The second-order valence-electron chi connectivity index (χ2n) is 6.37. The van der Waals surface area contributed by atoms with E-state index in [2.05, 4.69) is 15.6 Å². The van der Waals surface area contributed by atoms with Gasteiger partial charge in [-0.3, -0.25) is 4.79 Å². The van der Waals surface area contributed by atoms with E-state index in [1.54, 1.807) is 30.5 Å². The quantitative estimate of drug-likeness (QED) is 0.588. The molecule has 2 aromatic carbocycles. The molecule has 1 heterocycles. The largest absolute Gasteiger partial charge is 0.370 e. The molecule has 1 amide bonds. The van der Waals surface area contributed by atoms with Gasteiger partial charge in [0, 0.05) is 29.9 Å². The minimum absolute atomic E-state index is 0.162. The number of amides is 1. The molecule has 0 saturated carbocycles. The van der Waals surface area contributed by atoms with Gasteiger partial charge in [0.15, 0.2) is 0 Å². The topological polar surface area (TPSA) is 54.0 Å². The fraction of sp³-hybridized carbons (Fsp3) is 0.182. The zero-order chi connectivity index (χ0) is 19.8. The van der Waals surface area contributed by atoms with Crippen molar-refractivity contribution in [2.75, 3.05) is 18.4 Å². The van der Waals surface area contributed by atoms with Gasteiger partial charge in [0.1, 0.15) is 11.6 Å². The fourth-order valence-electron chi connectivity index (χ4n) is 2.73. The molecule has 0 saturated heterocycles. The molecule has 0 spiro atoms. The summed E-state index contributed by atoms with van der Waals surface area (Å²) in [6.07, 6.45) is 3.08. The van der Waals surface area contributed by atoms with Gasteiger partial charge in [-0.1, -0.05) is 35.9 Å². The maximum Gasteiger partial charge on any atom is 0.251 e. The van der Waals surface area contributed by atoms with Crippen LogP contribution in [0.25, 0.3) is 0 Å². The van der Waals surface area contributed by atoms with Crippen molar-refractivity contribution in [3.8, 4) is 0 Å². The Balaban J connectivity index is 1.46. The lowest BCUT2D eigenvalue weighted by Crippen LogP contribution is -2.25. The predicted octanol–water partition coefficient (Wildman–Crippen LogP) is 4.50. The molecule has 28 heavy (non-hydrogen) atoms. The number of nitrogens with zero attached hydrogens (tertiary/aromatic N) is 1. The third-order valence-electron chi connectivity index (χ3n) is 4.27. The van der Waals surface area contributed by atoms with E-state index >= 15 is 0 Å². The Morgan fingerprint density at radius 2 is 1.57 bits per heavy atom. The first-order valence-electron chi connectivity index (χ1n) is 9.07. The first-order valence-corrected chi connectivity index (χ1v) is 9.45. The van der Waals surface area contributed by atoms with Crippen molar-refractivity contribution < 1.29 is 9.18 Å². The molecule has 3 rings (SSSR count). The van der Waals surface area contributed by atoms with Crippen molar-refractivity contribution in [1.29, 1.82) is 0 Å². The summed E-state index contributed by atoms with van der Waals surface area (Å²) in [5.41, 5.74) is 2.69. The highest BCUT2D eigenvalue weighted by molar-refractivity contribution is 6.30. The molecule has 0 fully saturated rings. The molecule has 0 atom stereocenters. The predicted molar refractivity (Wildman–Crippen MR) is 110 cm³/mol. The van der Waals surface area contributed by atoms with Crippen molar-refractivity contribution in [3.05, 3.63) is 94.4 Å². The highest BCUT2D eigenvalue weighted by Gasteiger charge is 2.07. The standard InChI is InChI=1S/C22H21ClFN3O/c23-19-5-1-16(2-6-19)9-12-25-21-15-18(11-14-26-21)22(28)27-13-10-17-3-7-20(24)8-4-17/h1-8,11,14-15H,9-10,12-13H2,(H,25,26)(H,27,28). The number of carbonyl (C=O) groups is 1. The summed E-state index contributed by atoms with van der Waals surface area (Å²) in [5, 5.41) is 6.83. The molecule has 144 valence electrons. The Morgan fingerprint density at radius 1 is 0.929 bits per heavy atom. The Morgan fingerprint density at radius 3 is 2.29 bits per heavy atom. The lowest BCUT2D eigenvalue weighted by molar-refractivity contribution is 0.0954. The van der Waals surface area contributed by atoms with Crippen molar-refractivity contribution in [2.45, 2.75) is 12.8 Å². The van der Waals surface area contributed by atoms with Crippen LogP contribution in [0.15, 0.2) is 66.9 Å². The molecule has 0 aliphatic carbocycles. The van der Waals surface area contributed by atoms with E-state index in [-0.39, 0.29) is 11.7 Å². The summed E-state index contributed by atoms with van der Waals surface area (Å²) < 4.78 is 12.9. The van der Waals surface area contributed by atoms with Crippen LogP contribution in [0.2, 0.25) is 5.02 Å².